The highest BCUT2D eigenvalue weighted by Gasteiger charge is 2.30. The van der Waals surface area contributed by atoms with E-state index < -0.39 is 6.10 Å². The fourth-order valence-electron chi connectivity index (χ4n) is 3.13. The third-order valence-electron chi connectivity index (χ3n) is 4.41. The van der Waals surface area contributed by atoms with Crippen molar-refractivity contribution in [3.8, 4) is 5.75 Å². The van der Waals surface area contributed by atoms with Gasteiger partial charge in [-0.15, -0.1) is 0 Å². The molecule has 0 spiro atoms. The molecule has 2 heterocycles. The molecule has 24 heavy (non-hydrogen) atoms. The summed E-state index contributed by atoms with van der Waals surface area (Å²) < 4.78 is 5.69. The zero-order valence-electron chi connectivity index (χ0n) is 13.0. The van der Waals surface area contributed by atoms with E-state index in [-0.39, 0.29) is 11.8 Å². The third-order valence-corrected chi connectivity index (χ3v) is 4.65. The van der Waals surface area contributed by atoms with Gasteiger partial charge in [-0.05, 0) is 47.5 Å². The summed E-state index contributed by atoms with van der Waals surface area (Å²) in [4.78, 5) is 25.8. The second-order valence-electron chi connectivity index (χ2n) is 6.02. The largest absolute Gasteiger partial charge is 0.480 e. The number of likely N-dealkylation sites (N-methyl/N-ethyl adjacent to an activating group) is 1. The lowest BCUT2D eigenvalue weighted by Gasteiger charge is -2.13. The summed E-state index contributed by atoms with van der Waals surface area (Å²) in [6, 6.07) is 10.8. The second-order valence-corrected chi connectivity index (χ2v) is 6.46. The molecule has 0 aliphatic carbocycles. The van der Waals surface area contributed by atoms with E-state index in [1.165, 1.54) is 0 Å². The number of rotatable bonds is 2. The third kappa shape index (κ3) is 2.51. The van der Waals surface area contributed by atoms with Gasteiger partial charge in [-0.2, -0.15) is 0 Å². The number of halogens is 1. The van der Waals surface area contributed by atoms with Crippen molar-refractivity contribution in [2.45, 2.75) is 18.9 Å². The molecule has 2 aliphatic rings. The standard InChI is InChI=1S/C18H15ClN2O3/c1-21-14-4-3-13(7-10(14)9-17(21)22)20-18(23)16-8-11-6-12(19)2-5-15(11)24-16/h2-7,16H,8-9H2,1H3,(H,20,23)/t16-/m1/s1. The molecular formula is C18H15ClN2O3. The fraction of sp³-hybridized carbons (Fsp3) is 0.222. The maximum atomic E-state index is 12.5. The number of ether oxygens (including phenoxy) is 1. The van der Waals surface area contributed by atoms with E-state index in [4.69, 9.17) is 16.3 Å². The molecule has 1 N–H and O–H groups in total. The van der Waals surface area contributed by atoms with Crippen LogP contribution in [0.1, 0.15) is 11.1 Å². The average Bonchev–Trinajstić information content (AvgIpc) is 3.08. The number of hydrogen-bond acceptors (Lipinski definition) is 3. The quantitative estimate of drug-likeness (QED) is 0.913. The molecule has 0 fully saturated rings. The normalized spacial score (nSPS) is 18.2. The van der Waals surface area contributed by atoms with Gasteiger partial charge in [0, 0.05) is 29.9 Å². The van der Waals surface area contributed by atoms with Gasteiger partial charge >= 0.3 is 0 Å². The Morgan fingerprint density at radius 3 is 2.92 bits per heavy atom. The van der Waals surface area contributed by atoms with Crippen LogP contribution in [-0.4, -0.2) is 25.0 Å². The SMILES string of the molecule is CN1C(=O)Cc2cc(NC(=O)[C@H]3Cc4cc(Cl)ccc4O3)ccc21. The molecule has 0 aromatic heterocycles. The Balaban J connectivity index is 1.48. The molecule has 0 radical (unpaired) electrons. The topological polar surface area (TPSA) is 58.6 Å². The van der Waals surface area contributed by atoms with Crippen LogP contribution in [-0.2, 0) is 22.4 Å². The fourth-order valence-corrected chi connectivity index (χ4v) is 3.33. The molecule has 1 atom stereocenters. The van der Waals surface area contributed by atoms with E-state index in [2.05, 4.69) is 5.32 Å². The van der Waals surface area contributed by atoms with Gasteiger partial charge in [0.05, 0.1) is 6.42 Å². The monoisotopic (exact) mass is 342 g/mol. The van der Waals surface area contributed by atoms with Crippen molar-refractivity contribution in [2.24, 2.45) is 0 Å². The van der Waals surface area contributed by atoms with Crippen molar-refractivity contribution >= 4 is 34.8 Å². The van der Waals surface area contributed by atoms with E-state index in [0.29, 0.717) is 29.3 Å². The number of hydrogen-bond donors (Lipinski definition) is 1. The molecule has 2 aromatic rings. The molecular weight excluding hydrogens is 328 g/mol. The van der Waals surface area contributed by atoms with Crippen molar-refractivity contribution in [2.75, 3.05) is 17.3 Å². The number of amides is 2. The summed E-state index contributed by atoms with van der Waals surface area (Å²) in [7, 11) is 1.75. The first-order chi connectivity index (χ1) is 11.5. The zero-order valence-corrected chi connectivity index (χ0v) is 13.8. The molecule has 0 saturated heterocycles. The van der Waals surface area contributed by atoms with E-state index in [0.717, 1.165) is 16.8 Å². The molecule has 122 valence electrons. The van der Waals surface area contributed by atoms with Gasteiger partial charge in [0.15, 0.2) is 6.10 Å². The minimum Gasteiger partial charge on any atom is -0.480 e. The molecule has 0 unspecified atom stereocenters. The lowest BCUT2D eigenvalue weighted by Crippen LogP contribution is -2.31. The van der Waals surface area contributed by atoms with Crippen LogP contribution in [0.5, 0.6) is 5.75 Å². The highest BCUT2D eigenvalue weighted by Crippen LogP contribution is 2.33. The Labute approximate surface area is 144 Å². The summed E-state index contributed by atoms with van der Waals surface area (Å²) in [5, 5.41) is 3.50. The summed E-state index contributed by atoms with van der Waals surface area (Å²) in [6.07, 6.45) is 0.281. The van der Waals surface area contributed by atoms with Crippen molar-refractivity contribution in [1.82, 2.24) is 0 Å². The van der Waals surface area contributed by atoms with Gasteiger partial charge < -0.3 is 15.0 Å². The van der Waals surface area contributed by atoms with E-state index in [9.17, 15) is 9.59 Å². The number of carbonyl (C=O) groups excluding carboxylic acids is 2. The van der Waals surface area contributed by atoms with Gasteiger partial charge in [0.1, 0.15) is 5.75 Å². The zero-order chi connectivity index (χ0) is 16.8. The van der Waals surface area contributed by atoms with Crippen LogP contribution < -0.4 is 15.0 Å². The molecule has 2 aromatic carbocycles. The van der Waals surface area contributed by atoms with Crippen LogP contribution in [0.3, 0.4) is 0 Å². The highest BCUT2D eigenvalue weighted by molar-refractivity contribution is 6.30. The Kier molecular flexibility index (Phi) is 3.46. The lowest BCUT2D eigenvalue weighted by molar-refractivity contribution is -0.122. The van der Waals surface area contributed by atoms with Crippen molar-refractivity contribution in [1.29, 1.82) is 0 Å². The van der Waals surface area contributed by atoms with Crippen LogP contribution in [0, 0.1) is 0 Å². The van der Waals surface area contributed by atoms with Crippen LogP contribution in [0.4, 0.5) is 11.4 Å². The Morgan fingerprint density at radius 1 is 1.25 bits per heavy atom. The van der Waals surface area contributed by atoms with E-state index in [1.807, 2.05) is 18.2 Å². The Morgan fingerprint density at radius 2 is 2.08 bits per heavy atom. The number of nitrogens with zero attached hydrogens (tertiary/aromatic N) is 1. The van der Waals surface area contributed by atoms with Crippen LogP contribution in [0.15, 0.2) is 36.4 Å². The van der Waals surface area contributed by atoms with E-state index >= 15 is 0 Å². The van der Waals surface area contributed by atoms with E-state index in [1.54, 1.807) is 30.1 Å². The van der Waals surface area contributed by atoms with Crippen LogP contribution >= 0.6 is 11.6 Å². The summed E-state index contributed by atoms with van der Waals surface area (Å²) in [5.74, 6) is 0.542. The molecule has 6 heteroatoms. The first-order valence-electron chi connectivity index (χ1n) is 7.67. The van der Waals surface area contributed by atoms with Gasteiger partial charge in [0.25, 0.3) is 5.91 Å². The number of benzene rings is 2. The highest BCUT2D eigenvalue weighted by atomic mass is 35.5. The van der Waals surface area contributed by atoms with Gasteiger partial charge in [-0.25, -0.2) is 0 Å². The first kappa shape index (κ1) is 15.0. The van der Waals surface area contributed by atoms with Gasteiger partial charge in [-0.1, -0.05) is 11.6 Å². The predicted molar refractivity (Wildman–Crippen MR) is 91.8 cm³/mol. The number of nitrogens with one attached hydrogen (secondary N) is 1. The van der Waals surface area contributed by atoms with Crippen LogP contribution in [0.25, 0.3) is 0 Å². The minimum absolute atomic E-state index is 0.0555. The maximum Gasteiger partial charge on any atom is 0.265 e. The van der Waals surface area contributed by atoms with Gasteiger partial charge in [-0.3, -0.25) is 9.59 Å². The second kappa shape index (κ2) is 5.53. The molecule has 4 rings (SSSR count). The summed E-state index contributed by atoms with van der Waals surface area (Å²) in [6.45, 7) is 0. The Hall–Kier alpha value is -2.53. The molecule has 5 nitrogen and oxygen atoms in total. The van der Waals surface area contributed by atoms with Crippen molar-refractivity contribution < 1.29 is 14.3 Å². The maximum absolute atomic E-state index is 12.5. The number of carbonyl (C=O) groups is 2. The predicted octanol–water partition coefficient (Wildman–Crippen LogP) is 2.80. The first-order valence-corrected chi connectivity index (χ1v) is 8.04. The van der Waals surface area contributed by atoms with Crippen LogP contribution in [0.2, 0.25) is 5.02 Å². The van der Waals surface area contributed by atoms with Crippen molar-refractivity contribution in [3.05, 3.63) is 52.5 Å². The molecule has 0 saturated carbocycles. The minimum atomic E-state index is -0.573. The average molecular weight is 343 g/mol. The van der Waals surface area contributed by atoms with Gasteiger partial charge in [0.2, 0.25) is 5.91 Å². The molecule has 0 bridgehead atoms. The summed E-state index contributed by atoms with van der Waals surface area (Å²) >= 11 is 5.97. The smallest absolute Gasteiger partial charge is 0.265 e. The molecule has 2 amide bonds. The Bertz CT molecular complexity index is 865. The van der Waals surface area contributed by atoms with Crippen molar-refractivity contribution in [3.63, 3.8) is 0 Å². The molecule has 2 aliphatic heterocycles. The summed E-state index contributed by atoms with van der Waals surface area (Å²) in [5.41, 5.74) is 3.41. The number of fused-ring (bicyclic) bond motifs is 2. The lowest BCUT2D eigenvalue weighted by atomic mass is 10.1. The number of anilines is 2.